The predicted molar refractivity (Wildman–Crippen MR) is 120 cm³/mol. The number of hydrogen-bond donors (Lipinski definition) is 5. The van der Waals surface area contributed by atoms with Gasteiger partial charge in [-0.05, 0) is 36.6 Å². The molecular formula is C22H26N8O. The number of nitrogens with one attached hydrogen (secondary N) is 2. The number of pyridine rings is 1. The van der Waals surface area contributed by atoms with Gasteiger partial charge in [0.2, 0.25) is 5.95 Å². The Balaban J connectivity index is 1.61. The number of carbonyl (C=O) groups excluding carboxylic acids is 1. The number of nitrogens with zero attached hydrogens (tertiary/aromatic N) is 3. The molecule has 0 spiro atoms. The third-order valence-electron chi connectivity index (χ3n) is 5.48. The van der Waals surface area contributed by atoms with E-state index in [0.29, 0.717) is 11.8 Å². The van der Waals surface area contributed by atoms with E-state index in [2.05, 4.69) is 25.6 Å². The molecule has 0 saturated heterocycles. The molecule has 3 aromatic rings. The monoisotopic (exact) mass is 418 g/mol. The molecule has 1 aliphatic carbocycles. The van der Waals surface area contributed by atoms with Crippen molar-refractivity contribution in [1.82, 2.24) is 15.0 Å². The van der Waals surface area contributed by atoms with Crippen LogP contribution in [0.15, 0.2) is 55.0 Å². The summed E-state index contributed by atoms with van der Waals surface area (Å²) in [5, 5.41) is 6.42. The van der Waals surface area contributed by atoms with Gasteiger partial charge in [-0.15, -0.1) is 0 Å². The molecule has 0 radical (unpaired) electrons. The summed E-state index contributed by atoms with van der Waals surface area (Å²) in [6.07, 6.45) is 8.48. The lowest BCUT2D eigenvalue weighted by Crippen LogP contribution is -2.63. The van der Waals surface area contributed by atoms with E-state index in [1.54, 1.807) is 12.4 Å². The third kappa shape index (κ3) is 4.79. The Hall–Kier alpha value is -3.56. The largest absolute Gasteiger partial charge is 0.365 e. The number of carbonyl (C=O) groups is 1. The first kappa shape index (κ1) is 20.7. The molecule has 1 atom stereocenters. The highest BCUT2D eigenvalue weighted by molar-refractivity contribution is 5.98. The smallest absolute Gasteiger partial charge is 0.254 e. The van der Waals surface area contributed by atoms with Gasteiger partial charge in [-0.3, -0.25) is 9.78 Å². The first-order chi connectivity index (χ1) is 14.9. The van der Waals surface area contributed by atoms with Crippen molar-refractivity contribution in [2.45, 2.75) is 37.4 Å². The van der Waals surface area contributed by atoms with Gasteiger partial charge in [-0.2, -0.15) is 4.98 Å². The van der Waals surface area contributed by atoms with E-state index in [4.69, 9.17) is 17.2 Å². The summed E-state index contributed by atoms with van der Waals surface area (Å²) in [5.74, 6) is 0.0222. The Morgan fingerprint density at radius 3 is 2.68 bits per heavy atom. The summed E-state index contributed by atoms with van der Waals surface area (Å²) in [4.78, 5) is 24.8. The summed E-state index contributed by atoms with van der Waals surface area (Å²) in [5.41, 5.74) is 20.1. The molecule has 0 unspecified atom stereocenters. The Morgan fingerprint density at radius 1 is 1.10 bits per heavy atom. The van der Waals surface area contributed by atoms with Crippen molar-refractivity contribution in [3.05, 3.63) is 60.6 Å². The molecule has 4 rings (SSSR count). The van der Waals surface area contributed by atoms with Crippen molar-refractivity contribution in [1.29, 1.82) is 0 Å². The molecule has 9 heteroatoms. The number of aromatic nitrogens is 3. The second-order valence-corrected chi connectivity index (χ2v) is 7.82. The fourth-order valence-electron chi connectivity index (χ4n) is 3.76. The fraction of sp³-hybridized carbons (Fsp3) is 0.273. The summed E-state index contributed by atoms with van der Waals surface area (Å²) < 4.78 is 0. The molecule has 2 aromatic heterocycles. The lowest BCUT2D eigenvalue weighted by molar-refractivity contribution is 0.100. The van der Waals surface area contributed by atoms with Gasteiger partial charge >= 0.3 is 0 Å². The van der Waals surface area contributed by atoms with Gasteiger partial charge in [-0.25, -0.2) is 4.98 Å². The van der Waals surface area contributed by atoms with E-state index in [1.807, 2.05) is 36.4 Å². The maximum Gasteiger partial charge on any atom is 0.254 e. The minimum Gasteiger partial charge on any atom is -0.365 e. The maximum absolute atomic E-state index is 11.9. The molecular weight excluding hydrogens is 392 g/mol. The van der Waals surface area contributed by atoms with Crippen molar-refractivity contribution in [3.63, 3.8) is 0 Å². The Bertz CT molecular complexity index is 1070. The Morgan fingerprint density at radius 2 is 1.94 bits per heavy atom. The average molecular weight is 419 g/mol. The highest BCUT2D eigenvalue weighted by Gasteiger charge is 2.34. The number of amides is 1. The summed E-state index contributed by atoms with van der Waals surface area (Å²) >= 11 is 0. The van der Waals surface area contributed by atoms with Crippen LogP contribution >= 0.6 is 0 Å². The molecule has 8 N–H and O–H groups in total. The molecule has 9 nitrogen and oxygen atoms in total. The second kappa shape index (κ2) is 8.66. The van der Waals surface area contributed by atoms with Crippen LogP contribution in [0.1, 0.15) is 36.0 Å². The van der Waals surface area contributed by atoms with Crippen molar-refractivity contribution in [3.8, 4) is 11.1 Å². The number of nitrogens with two attached hydrogens (primary N) is 3. The molecule has 2 heterocycles. The van der Waals surface area contributed by atoms with Crippen molar-refractivity contribution >= 4 is 23.4 Å². The highest BCUT2D eigenvalue weighted by atomic mass is 16.1. The van der Waals surface area contributed by atoms with E-state index >= 15 is 0 Å². The molecule has 1 aliphatic rings. The molecule has 1 aromatic carbocycles. The van der Waals surface area contributed by atoms with Crippen LogP contribution in [-0.4, -0.2) is 32.6 Å². The molecule has 160 valence electrons. The van der Waals surface area contributed by atoms with Crippen molar-refractivity contribution in [2.75, 3.05) is 10.6 Å². The van der Waals surface area contributed by atoms with Gasteiger partial charge < -0.3 is 27.8 Å². The van der Waals surface area contributed by atoms with Gasteiger partial charge in [0, 0.05) is 29.8 Å². The number of rotatable bonds is 6. The second-order valence-electron chi connectivity index (χ2n) is 7.82. The third-order valence-corrected chi connectivity index (χ3v) is 5.48. The number of benzene rings is 1. The van der Waals surface area contributed by atoms with E-state index in [-0.39, 0.29) is 11.6 Å². The van der Waals surface area contributed by atoms with Gasteiger partial charge in [0.25, 0.3) is 5.91 Å². The number of primary amides is 1. The summed E-state index contributed by atoms with van der Waals surface area (Å²) in [6, 6.07) is 11.4. The van der Waals surface area contributed by atoms with Crippen LogP contribution in [0.4, 0.5) is 17.5 Å². The predicted octanol–water partition coefficient (Wildman–Crippen LogP) is 2.35. The standard InChI is InChI=1S/C22H26N8O/c23-19(31)17-13-27-21(29-18-8-1-2-9-22(18,24)25)30-20(17)28-16-7-3-5-14(11-16)15-6-4-10-26-12-15/h3-7,10-13,18H,1-2,8-9,24-25H2,(H2,23,31)(H2,27,28,29,30)/t18-/m1/s1. The minimum absolute atomic E-state index is 0.164. The molecule has 0 aliphatic heterocycles. The van der Waals surface area contributed by atoms with E-state index in [1.165, 1.54) is 6.20 Å². The van der Waals surface area contributed by atoms with Crippen LogP contribution in [0.25, 0.3) is 11.1 Å². The molecule has 31 heavy (non-hydrogen) atoms. The average Bonchev–Trinajstić information content (AvgIpc) is 2.76. The van der Waals surface area contributed by atoms with E-state index < -0.39 is 11.6 Å². The zero-order valence-electron chi connectivity index (χ0n) is 17.1. The topological polar surface area (TPSA) is 158 Å². The first-order valence-electron chi connectivity index (χ1n) is 10.2. The first-order valence-corrected chi connectivity index (χ1v) is 10.2. The Labute approximate surface area is 180 Å². The van der Waals surface area contributed by atoms with Gasteiger partial charge in [-0.1, -0.05) is 31.0 Å². The quantitative estimate of drug-likeness (QED) is 0.382. The molecule has 0 bridgehead atoms. The van der Waals surface area contributed by atoms with Gasteiger partial charge in [0.05, 0.1) is 11.7 Å². The Kier molecular flexibility index (Phi) is 5.79. The van der Waals surface area contributed by atoms with E-state index in [9.17, 15) is 4.79 Å². The maximum atomic E-state index is 11.9. The number of anilines is 3. The van der Waals surface area contributed by atoms with Gasteiger partial charge in [0.15, 0.2) is 0 Å². The van der Waals surface area contributed by atoms with Crippen LogP contribution in [0, 0.1) is 0 Å². The zero-order chi connectivity index (χ0) is 21.8. The number of hydrogen-bond acceptors (Lipinski definition) is 8. The van der Waals surface area contributed by atoms with Crippen LogP contribution < -0.4 is 27.8 Å². The highest BCUT2D eigenvalue weighted by Crippen LogP contribution is 2.27. The zero-order valence-corrected chi connectivity index (χ0v) is 17.1. The van der Waals surface area contributed by atoms with Crippen molar-refractivity contribution in [2.24, 2.45) is 17.2 Å². The summed E-state index contributed by atoms with van der Waals surface area (Å²) in [7, 11) is 0. The van der Waals surface area contributed by atoms with E-state index in [0.717, 1.165) is 42.5 Å². The van der Waals surface area contributed by atoms with Crippen LogP contribution in [0.5, 0.6) is 0 Å². The van der Waals surface area contributed by atoms with Crippen LogP contribution in [0.3, 0.4) is 0 Å². The van der Waals surface area contributed by atoms with Crippen LogP contribution in [0.2, 0.25) is 0 Å². The normalized spacial score (nSPS) is 17.7. The molecule has 1 fully saturated rings. The van der Waals surface area contributed by atoms with Crippen LogP contribution in [-0.2, 0) is 0 Å². The minimum atomic E-state index is -0.838. The van der Waals surface area contributed by atoms with Gasteiger partial charge in [0.1, 0.15) is 11.4 Å². The van der Waals surface area contributed by atoms with Crippen molar-refractivity contribution < 1.29 is 4.79 Å². The molecule has 1 saturated carbocycles. The molecule has 1 amide bonds. The SMILES string of the molecule is NC(=O)c1cnc(N[C@@H]2CCCCC2(N)N)nc1Nc1cccc(-c2cccnc2)c1. The fourth-order valence-corrected chi connectivity index (χ4v) is 3.76. The summed E-state index contributed by atoms with van der Waals surface area (Å²) in [6.45, 7) is 0. The lowest BCUT2D eigenvalue weighted by Gasteiger charge is -2.38. The lowest BCUT2D eigenvalue weighted by atomic mass is 9.85.